The number of carboxylic acids is 1. The molecule has 0 saturated heterocycles. The van der Waals surface area contributed by atoms with Gasteiger partial charge in [0, 0.05) is 18.3 Å². The van der Waals surface area contributed by atoms with Gasteiger partial charge in [-0.1, -0.05) is 13.3 Å². The zero-order valence-electron chi connectivity index (χ0n) is 11.7. The summed E-state index contributed by atoms with van der Waals surface area (Å²) in [5, 5.41) is 14.7. The van der Waals surface area contributed by atoms with Gasteiger partial charge in [0.15, 0.2) is 0 Å². The molecule has 1 rings (SSSR count). The summed E-state index contributed by atoms with van der Waals surface area (Å²) in [6, 6.07) is -0.00984. The van der Waals surface area contributed by atoms with E-state index in [1.807, 2.05) is 13.2 Å². The first kappa shape index (κ1) is 16.1. The molecule has 1 atom stereocenters. The lowest BCUT2D eigenvalue weighted by Gasteiger charge is -2.40. The van der Waals surface area contributed by atoms with Crippen LogP contribution in [0.15, 0.2) is 0 Å². The summed E-state index contributed by atoms with van der Waals surface area (Å²) in [7, 11) is 0. The molecule has 0 heterocycles. The number of carbonyl (C=O) groups is 2. The van der Waals surface area contributed by atoms with Crippen molar-refractivity contribution in [2.24, 2.45) is 5.41 Å². The SMILES string of the molecule is CCC(CSC)NC(=O)NCC1(CC(=O)O)CCC1. The molecule has 1 unspecified atom stereocenters. The van der Waals surface area contributed by atoms with Crippen LogP contribution in [-0.2, 0) is 4.79 Å². The predicted octanol–water partition coefficient (Wildman–Crippen LogP) is 2.07. The molecule has 0 aromatic rings. The van der Waals surface area contributed by atoms with Gasteiger partial charge < -0.3 is 15.7 Å². The van der Waals surface area contributed by atoms with E-state index in [1.165, 1.54) is 0 Å². The number of urea groups is 1. The topological polar surface area (TPSA) is 78.4 Å². The summed E-state index contributed by atoms with van der Waals surface area (Å²) < 4.78 is 0. The van der Waals surface area contributed by atoms with Crippen LogP contribution in [0.1, 0.15) is 39.0 Å². The molecule has 1 fully saturated rings. The fourth-order valence-electron chi connectivity index (χ4n) is 2.38. The van der Waals surface area contributed by atoms with Crippen molar-refractivity contribution in [3.05, 3.63) is 0 Å². The highest BCUT2D eigenvalue weighted by molar-refractivity contribution is 7.98. The maximum absolute atomic E-state index is 11.8. The first-order chi connectivity index (χ1) is 9.01. The molecular weight excluding hydrogens is 264 g/mol. The van der Waals surface area contributed by atoms with E-state index < -0.39 is 5.97 Å². The summed E-state index contributed by atoms with van der Waals surface area (Å²) >= 11 is 1.70. The third-order valence-corrected chi connectivity index (χ3v) is 4.50. The molecule has 1 saturated carbocycles. The van der Waals surface area contributed by atoms with Crippen LogP contribution in [-0.4, -0.2) is 41.7 Å². The van der Waals surface area contributed by atoms with Crippen molar-refractivity contribution in [1.82, 2.24) is 10.6 Å². The Morgan fingerprint density at radius 3 is 2.53 bits per heavy atom. The second kappa shape index (κ2) is 7.62. The average Bonchev–Trinajstić information content (AvgIpc) is 2.31. The van der Waals surface area contributed by atoms with E-state index in [4.69, 9.17) is 5.11 Å². The zero-order valence-corrected chi connectivity index (χ0v) is 12.5. The highest BCUT2D eigenvalue weighted by Crippen LogP contribution is 2.43. The quantitative estimate of drug-likeness (QED) is 0.639. The van der Waals surface area contributed by atoms with Crippen molar-refractivity contribution in [2.45, 2.75) is 45.1 Å². The van der Waals surface area contributed by atoms with E-state index in [-0.39, 0.29) is 23.9 Å². The molecule has 19 heavy (non-hydrogen) atoms. The van der Waals surface area contributed by atoms with Crippen LogP contribution >= 0.6 is 11.8 Å². The van der Waals surface area contributed by atoms with Gasteiger partial charge in [0.25, 0.3) is 0 Å². The first-order valence-electron chi connectivity index (χ1n) is 6.76. The molecule has 1 aliphatic carbocycles. The lowest BCUT2D eigenvalue weighted by atomic mass is 9.66. The van der Waals surface area contributed by atoms with E-state index in [9.17, 15) is 9.59 Å². The lowest BCUT2D eigenvalue weighted by molar-refractivity contribution is -0.141. The first-order valence-corrected chi connectivity index (χ1v) is 8.16. The monoisotopic (exact) mass is 288 g/mol. The van der Waals surface area contributed by atoms with E-state index in [0.717, 1.165) is 31.4 Å². The molecule has 5 nitrogen and oxygen atoms in total. The minimum atomic E-state index is -0.782. The Morgan fingerprint density at radius 1 is 1.42 bits per heavy atom. The molecule has 0 aromatic carbocycles. The molecule has 110 valence electrons. The predicted molar refractivity (Wildman–Crippen MR) is 77.5 cm³/mol. The highest BCUT2D eigenvalue weighted by atomic mass is 32.2. The van der Waals surface area contributed by atoms with Gasteiger partial charge in [0.1, 0.15) is 0 Å². The van der Waals surface area contributed by atoms with Gasteiger partial charge >= 0.3 is 12.0 Å². The standard InChI is InChI=1S/C13H24N2O3S/c1-3-10(8-19-2)15-12(18)14-9-13(5-4-6-13)7-11(16)17/h10H,3-9H2,1-2H3,(H,16,17)(H2,14,15,18). The smallest absolute Gasteiger partial charge is 0.315 e. The minimum absolute atomic E-state index is 0.148. The lowest BCUT2D eigenvalue weighted by Crippen LogP contribution is -2.49. The fourth-order valence-corrected chi connectivity index (χ4v) is 3.10. The number of nitrogens with one attached hydrogen (secondary N) is 2. The van der Waals surface area contributed by atoms with E-state index >= 15 is 0 Å². The Labute approximate surface area is 118 Å². The van der Waals surface area contributed by atoms with Crippen LogP contribution in [0.3, 0.4) is 0 Å². The molecule has 1 aliphatic rings. The van der Waals surface area contributed by atoms with Crippen molar-refractivity contribution in [1.29, 1.82) is 0 Å². The van der Waals surface area contributed by atoms with Crippen molar-refractivity contribution >= 4 is 23.8 Å². The molecule has 0 aliphatic heterocycles. The van der Waals surface area contributed by atoms with Crippen molar-refractivity contribution < 1.29 is 14.7 Å². The third kappa shape index (κ3) is 5.30. The molecule has 6 heteroatoms. The van der Waals surface area contributed by atoms with Crippen LogP contribution < -0.4 is 10.6 Å². The number of rotatable bonds is 8. The van der Waals surface area contributed by atoms with E-state index in [1.54, 1.807) is 11.8 Å². The number of aliphatic carboxylic acids is 1. The second-order valence-electron chi connectivity index (χ2n) is 5.31. The Hall–Kier alpha value is -0.910. The molecule has 0 radical (unpaired) electrons. The van der Waals surface area contributed by atoms with Gasteiger partial charge in [-0.15, -0.1) is 0 Å². The summed E-state index contributed by atoms with van der Waals surface area (Å²) in [5.41, 5.74) is -0.218. The van der Waals surface area contributed by atoms with Gasteiger partial charge in [-0.25, -0.2) is 4.79 Å². The molecule has 3 N–H and O–H groups in total. The third-order valence-electron chi connectivity index (χ3n) is 3.76. The Bertz CT molecular complexity index is 319. The van der Waals surface area contributed by atoms with Gasteiger partial charge in [0.05, 0.1) is 6.42 Å². The number of hydrogen-bond donors (Lipinski definition) is 3. The molecule has 0 aromatic heterocycles. The number of hydrogen-bond acceptors (Lipinski definition) is 3. The van der Waals surface area contributed by atoms with Crippen LogP contribution in [0.4, 0.5) is 4.79 Å². The van der Waals surface area contributed by atoms with E-state index in [0.29, 0.717) is 6.54 Å². The van der Waals surface area contributed by atoms with Gasteiger partial charge in [-0.3, -0.25) is 4.79 Å². The average molecular weight is 288 g/mol. The summed E-state index contributed by atoms with van der Waals surface area (Å²) in [4.78, 5) is 22.6. The maximum atomic E-state index is 11.8. The molecule has 0 bridgehead atoms. The largest absolute Gasteiger partial charge is 0.481 e. The zero-order chi connectivity index (χ0) is 14.3. The number of amides is 2. The van der Waals surface area contributed by atoms with Crippen molar-refractivity contribution in [3.63, 3.8) is 0 Å². The van der Waals surface area contributed by atoms with Gasteiger partial charge in [-0.2, -0.15) is 11.8 Å². The molecule has 0 spiro atoms. The van der Waals surface area contributed by atoms with Crippen LogP contribution in [0.5, 0.6) is 0 Å². The summed E-state index contributed by atoms with van der Waals surface area (Å²) in [6.07, 6.45) is 5.89. The maximum Gasteiger partial charge on any atom is 0.315 e. The van der Waals surface area contributed by atoms with Gasteiger partial charge in [0.2, 0.25) is 0 Å². The number of thioether (sulfide) groups is 1. The minimum Gasteiger partial charge on any atom is -0.481 e. The summed E-state index contributed by atoms with van der Waals surface area (Å²) in [6.45, 7) is 2.50. The van der Waals surface area contributed by atoms with Crippen LogP contribution in [0.25, 0.3) is 0 Å². The van der Waals surface area contributed by atoms with E-state index in [2.05, 4.69) is 10.6 Å². The van der Waals surface area contributed by atoms with Crippen molar-refractivity contribution in [3.8, 4) is 0 Å². The van der Waals surface area contributed by atoms with Crippen LogP contribution in [0, 0.1) is 5.41 Å². The number of carbonyl (C=O) groups excluding carboxylic acids is 1. The molecule has 2 amide bonds. The highest BCUT2D eigenvalue weighted by Gasteiger charge is 2.39. The van der Waals surface area contributed by atoms with Crippen LogP contribution in [0.2, 0.25) is 0 Å². The fraction of sp³-hybridized carbons (Fsp3) is 0.846. The second-order valence-corrected chi connectivity index (χ2v) is 6.22. The Morgan fingerprint density at radius 2 is 2.11 bits per heavy atom. The number of carboxylic acid groups (broad SMARTS) is 1. The normalized spacial score (nSPS) is 18.2. The molecular formula is C13H24N2O3S. The summed E-state index contributed by atoms with van der Waals surface area (Å²) in [5.74, 6) is 0.111. The van der Waals surface area contributed by atoms with Gasteiger partial charge in [-0.05, 0) is 30.9 Å². The van der Waals surface area contributed by atoms with Crippen molar-refractivity contribution in [2.75, 3.05) is 18.6 Å². The Kier molecular flexibility index (Phi) is 6.48. The Balaban J connectivity index is 2.34.